The number of fused-ring (bicyclic) bond motifs is 6. The highest BCUT2D eigenvalue weighted by atomic mass is 16.3. The first-order valence-corrected chi connectivity index (χ1v) is 8.57. The van der Waals surface area contributed by atoms with Crippen LogP contribution in [0.1, 0.15) is 29.8 Å². The van der Waals surface area contributed by atoms with Gasteiger partial charge in [0.05, 0.1) is 29.4 Å². The SMILES string of the molecule is N#Cc1ccc(-n2c(O)c3n(c2=O)C2CC3N(C(N)=O)C2)c2ccccc12. The monoisotopic (exact) mass is 361 g/mol. The van der Waals surface area contributed by atoms with Crippen LogP contribution in [0.2, 0.25) is 0 Å². The highest BCUT2D eigenvalue weighted by Gasteiger charge is 2.48. The predicted octanol–water partition coefficient (Wildman–Crippen LogP) is 1.75. The van der Waals surface area contributed by atoms with E-state index in [4.69, 9.17) is 5.73 Å². The van der Waals surface area contributed by atoms with E-state index in [1.54, 1.807) is 16.7 Å². The van der Waals surface area contributed by atoms with Gasteiger partial charge in [-0.3, -0.25) is 4.57 Å². The molecule has 3 heterocycles. The average molecular weight is 361 g/mol. The zero-order valence-electron chi connectivity index (χ0n) is 14.2. The molecule has 2 atom stereocenters. The third-order valence-corrected chi connectivity index (χ3v) is 5.60. The van der Waals surface area contributed by atoms with Crippen LogP contribution in [0.5, 0.6) is 5.88 Å². The van der Waals surface area contributed by atoms with E-state index in [9.17, 15) is 20.0 Å². The Bertz CT molecular complexity index is 1230. The van der Waals surface area contributed by atoms with Crippen molar-refractivity contribution in [3.05, 3.63) is 58.1 Å². The molecule has 0 saturated carbocycles. The van der Waals surface area contributed by atoms with Gasteiger partial charge in [-0.2, -0.15) is 5.26 Å². The van der Waals surface area contributed by atoms with Gasteiger partial charge in [0, 0.05) is 17.3 Å². The Kier molecular flexibility index (Phi) is 2.95. The van der Waals surface area contributed by atoms with Crippen LogP contribution in [0.3, 0.4) is 0 Å². The van der Waals surface area contributed by atoms with Crippen molar-refractivity contribution in [3.8, 4) is 17.6 Å². The summed E-state index contributed by atoms with van der Waals surface area (Å²) < 4.78 is 2.81. The smallest absolute Gasteiger partial charge is 0.336 e. The summed E-state index contributed by atoms with van der Waals surface area (Å²) >= 11 is 0. The van der Waals surface area contributed by atoms with E-state index >= 15 is 0 Å². The molecule has 3 aromatic rings. The highest BCUT2D eigenvalue weighted by molar-refractivity contribution is 5.94. The minimum Gasteiger partial charge on any atom is -0.493 e. The summed E-state index contributed by atoms with van der Waals surface area (Å²) in [7, 11) is 0. The number of hydrogen-bond acceptors (Lipinski definition) is 4. The van der Waals surface area contributed by atoms with Crippen molar-refractivity contribution in [3.63, 3.8) is 0 Å². The number of aromatic hydroxyl groups is 1. The number of aromatic nitrogens is 2. The van der Waals surface area contributed by atoms with Gasteiger partial charge in [-0.25, -0.2) is 14.2 Å². The maximum absolute atomic E-state index is 13.1. The zero-order valence-corrected chi connectivity index (χ0v) is 14.2. The molecular weight excluding hydrogens is 346 g/mol. The molecule has 134 valence electrons. The van der Waals surface area contributed by atoms with Crippen molar-refractivity contribution < 1.29 is 9.90 Å². The molecule has 5 rings (SSSR count). The fourth-order valence-electron chi connectivity index (χ4n) is 4.48. The first-order chi connectivity index (χ1) is 13.0. The van der Waals surface area contributed by atoms with Gasteiger partial charge in [0.1, 0.15) is 5.69 Å². The molecule has 2 unspecified atom stereocenters. The van der Waals surface area contributed by atoms with Crippen LogP contribution in [-0.4, -0.2) is 31.7 Å². The van der Waals surface area contributed by atoms with Gasteiger partial charge < -0.3 is 15.7 Å². The number of benzene rings is 2. The topological polar surface area (TPSA) is 117 Å². The first kappa shape index (κ1) is 15.5. The second kappa shape index (κ2) is 5.14. The number of primary amides is 1. The number of nitrogens with zero attached hydrogens (tertiary/aromatic N) is 4. The average Bonchev–Trinajstić information content (AvgIpc) is 3.33. The van der Waals surface area contributed by atoms with E-state index in [0.717, 1.165) is 0 Å². The lowest BCUT2D eigenvalue weighted by molar-refractivity contribution is 0.194. The van der Waals surface area contributed by atoms with Crippen molar-refractivity contribution in [2.75, 3.05) is 6.54 Å². The largest absolute Gasteiger partial charge is 0.493 e. The molecule has 0 aliphatic carbocycles. The molecule has 2 bridgehead atoms. The molecule has 8 nitrogen and oxygen atoms in total. The number of rotatable bonds is 1. The van der Waals surface area contributed by atoms with Crippen molar-refractivity contribution in [1.29, 1.82) is 5.26 Å². The molecule has 2 aliphatic heterocycles. The fraction of sp³-hybridized carbons (Fsp3) is 0.211. The predicted molar refractivity (Wildman–Crippen MR) is 96.6 cm³/mol. The fourth-order valence-corrected chi connectivity index (χ4v) is 4.48. The zero-order chi connectivity index (χ0) is 18.9. The summed E-state index contributed by atoms with van der Waals surface area (Å²) in [5.41, 5.74) is 6.49. The molecule has 2 amide bonds. The summed E-state index contributed by atoms with van der Waals surface area (Å²) in [4.78, 5) is 26.3. The van der Waals surface area contributed by atoms with Crippen LogP contribution in [0.15, 0.2) is 41.2 Å². The third-order valence-electron chi connectivity index (χ3n) is 5.60. The second-order valence-corrected chi connectivity index (χ2v) is 6.88. The minimum atomic E-state index is -0.558. The van der Waals surface area contributed by atoms with Crippen molar-refractivity contribution in [2.45, 2.75) is 18.5 Å². The van der Waals surface area contributed by atoms with Crippen LogP contribution in [0.4, 0.5) is 4.79 Å². The molecule has 2 aliphatic rings. The molecule has 1 fully saturated rings. The highest BCUT2D eigenvalue weighted by Crippen LogP contribution is 2.48. The first-order valence-electron chi connectivity index (χ1n) is 8.57. The van der Waals surface area contributed by atoms with Crippen molar-refractivity contribution >= 4 is 16.8 Å². The Balaban J connectivity index is 1.78. The van der Waals surface area contributed by atoms with Gasteiger partial charge in [0.15, 0.2) is 0 Å². The Hall–Kier alpha value is -3.73. The number of hydrogen-bond donors (Lipinski definition) is 2. The summed E-state index contributed by atoms with van der Waals surface area (Å²) in [6, 6.07) is 11.5. The van der Waals surface area contributed by atoms with Gasteiger partial charge in [0.2, 0.25) is 5.88 Å². The van der Waals surface area contributed by atoms with E-state index in [1.165, 1.54) is 9.47 Å². The molecule has 0 spiro atoms. The standard InChI is InChI=1S/C19H15N5O3/c20-8-10-5-6-14(13-4-2-1-3-12(10)13)24-17(25)16-15-7-11(23(16)19(24)27)9-22(15)18(21)26/h1-6,11,15,25H,7,9H2,(H2,21,26). The number of likely N-dealkylation sites (tertiary alicyclic amines) is 1. The summed E-state index contributed by atoms with van der Waals surface area (Å²) in [6.45, 7) is 0.366. The Morgan fingerprint density at radius 3 is 2.67 bits per heavy atom. The number of imidazole rings is 1. The number of nitriles is 1. The van der Waals surface area contributed by atoms with Crippen LogP contribution < -0.4 is 11.4 Å². The van der Waals surface area contributed by atoms with E-state index in [0.29, 0.717) is 40.7 Å². The lowest BCUT2D eigenvalue weighted by Crippen LogP contribution is -2.40. The molecule has 8 heteroatoms. The number of carbonyl (C=O) groups excluding carboxylic acids is 1. The summed E-state index contributed by atoms with van der Waals surface area (Å²) in [6.07, 6.45) is 0.579. The van der Waals surface area contributed by atoms with Crippen LogP contribution in [0.25, 0.3) is 16.5 Å². The number of carbonyl (C=O) groups is 1. The van der Waals surface area contributed by atoms with Gasteiger partial charge in [-0.15, -0.1) is 0 Å². The maximum atomic E-state index is 13.1. The van der Waals surface area contributed by atoms with Crippen LogP contribution in [0, 0.1) is 11.3 Å². The Morgan fingerprint density at radius 2 is 1.96 bits per heavy atom. The van der Waals surface area contributed by atoms with Gasteiger partial charge in [-0.05, 0) is 18.6 Å². The lowest BCUT2D eigenvalue weighted by Gasteiger charge is -2.25. The number of nitrogens with two attached hydrogens (primary N) is 1. The molecular formula is C19H15N5O3. The van der Waals surface area contributed by atoms with Gasteiger partial charge >= 0.3 is 11.7 Å². The van der Waals surface area contributed by atoms with E-state index in [2.05, 4.69) is 6.07 Å². The maximum Gasteiger partial charge on any atom is 0.336 e. The Labute approximate surface area is 153 Å². The molecule has 1 aromatic heterocycles. The molecule has 3 N–H and O–H groups in total. The minimum absolute atomic E-state index is 0.187. The summed E-state index contributed by atoms with van der Waals surface area (Å²) in [5.74, 6) is -0.187. The Morgan fingerprint density at radius 1 is 1.22 bits per heavy atom. The van der Waals surface area contributed by atoms with Gasteiger partial charge in [-0.1, -0.05) is 24.3 Å². The van der Waals surface area contributed by atoms with E-state index in [-0.39, 0.29) is 17.6 Å². The molecule has 0 radical (unpaired) electrons. The number of amides is 2. The van der Waals surface area contributed by atoms with E-state index < -0.39 is 12.1 Å². The van der Waals surface area contributed by atoms with Crippen molar-refractivity contribution in [2.24, 2.45) is 5.73 Å². The van der Waals surface area contributed by atoms with Crippen molar-refractivity contribution in [1.82, 2.24) is 14.0 Å². The molecule has 1 saturated heterocycles. The quantitative estimate of drug-likeness (QED) is 0.686. The van der Waals surface area contributed by atoms with Crippen LogP contribution in [-0.2, 0) is 0 Å². The lowest BCUT2D eigenvalue weighted by atomic mass is 10.0. The summed E-state index contributed by atoms with van der Waals surface area (Å²) in [5, 5.41) is 21.6. The molecule has 2 aromatic carbocycles. The second-order valence-electron chi connectivity index (χ2n) is 6.88. The number of urea groups is 1. The third kappa shape index (κ3) is 1.85. The normalized spacial score (nSPS) is 20.0. The van der Waals surface area contributed by atoms with E-state index in [1.807, 2.05) is 24.3 Å². The van der Waals surface area contributed by atoms with Gasteiger partial charge in [0.25, 0.3) is 0 Å². The van der Waals surface area contributed by atoms with Crippen LogP contribution >= 0.6 is 0 Å². The molecule has 27 heavy (non-hydrogen) atoms.